The van der Waals surface area contributed by atoms with Crippen molar-refractivity contribution in [2.75, 3.05) is 6.61 Å². The van der Waals surface area contributed by atoms with Crippen LogP contribution in [-0.4, -0.2) is 30.2 Å². The summed E-state index contributed by atoms with van der Waals surface area (Å²) in [5.41, 5.74) is 3.97. The molecule has 3 aliphatic rings. The number of unbranched alkanes of at least 4 members (excludes halogenated alkanes) is 2. The highest BCUT2D eigenvalue weighted by Crippen LogP contribution is 2.48. The van der Waals surface area contributed by atoms with Crippen molar-refractivity contribution in [1.82, 2.24) is 0 Å². The fourth-order valence-electron chi connectivity index (χ4n) is 6.99. The van der Waals surface area contributed by atoms with Crippen molar-refractivity contribution in [2.45, 2.75) is 109 Å². The molecule has 2 aromatic carbocycles. The van der Waals surface area contributed by atoms with E-state index in [0.29, 0.717) is 24.4 Å². The first kappa shape index (κ1) is 26.7. The van der Waals surface area contributed by atoms with Gasteiger partial charge in [-0.3, -0.25) is 0 Å². The third-order valence-corrected chi connectivity index (χ3v) is 9.02. The second kappa shape index (κ2) is 13.3. The monoisotopic (exact) mass is 506 g/mol. The highest BCUT2D eigenvalue weighted by molar-refractivity contribution is 5.43. The Morgan fingerprint density at radius 3 is 2.70 bits per heavy atom. The summed E-state index contributed by atoms with van der Waals surface area (Å²) in [6.45, 7) is 3.68. The summed E-state index contributed by atoms with van der Waals surface area (Å²) in [5, 5.41) is 11.2. The van der Waals surface area contributed by atoms with Gasteiger partial charge in [-0.05, 0) is 98.3 Å². The highest BCUT2D eigenvalue weighted by Gasteiger charge is 2.45. The van der Waals surface area contributed by atoms with Gasteiger partial charge in [0.2, 0.25) is 0 Å². The van der Waals surface area contributed by atoms with Gasteiger partial charge < -0.3 is 19.3 Å². The van der Waals surface area contributed by atoms with Crippen molar-refractivity contribution in [3.8, 4) is 5.75 Å². The van der Waals surface area contributed by atoms with Crippen LogP contribution in [0.25, 0.3) is 0 Å². The predicted molar refractivity (Wildman–Crippen MR) is 148 cm³/mol. The van der Waals surface area contributed by atoms with E-state index in [1.165, 1.54) is 42.4 Å². The molecule has 0 radical (unpaired) electrons. The molecule has 1 aliphatic heterocycles. The largest absolute Gasteiger partial charge is 0.489 e. The summed E-state index contributed by atoms with van der Waals surface area (Å²) in [6.07, 6.45) is 13.2. The molecule has 0 bridgehead atoms. The lowest BCUT2D eigenvalue weighted by molar-refractivity contribution is -0.191. The van der Waals surface area contributed by atoms with Gasteiger partial charge in [-0.2, -0.15) is 0 Å². The first-order chi connectivity index (χ1) is 18.2. The number of hydrogen-bond acceptors (Lipinski definition) is 4. The van der Waals surface area contributed by atoms with Gasteiger partial charge >= 0.3 is 0 Å². The van der Waals surface area contributed by atoms with Crippen molar-refractivity contribution in [1.29, 1.82) is 0 Å². The Hall–Kier alpha value is -1.88. The molecule has 37 heavy (non-hydrogen) atoms. The molecule has 202 valence electrons. The molecular weight excluding hydrogens is 460 g/mol. The molecule has 0 aromatic heterocycles. The van der Waals surface area contributed by atoms with Gasteiger partial charge in [-0.1, -0.05) is 68.7 Å². The lowest BCUT2D eigenvalue weighted by Crippen LogP contribution is -2.30. The molecule has 4 nitrogen and oxygen atoms in total. The molecule has 1 N–H and O–H groups in total. The van der Waals surface area contributed by atoms with Gasteiger partial charge in [0.25, 0.3) is 0 Å². The number of aliphatic hydroxyl groups excluding tert-OH is 1. The second-order valence-corrected chi connectivity index (χ2v) is 11.6. The smallest absolute Gasteiger partial charge is 0.157 e. The van der Waals surface area contributed by atoms with Gasteiger partial charge in [0.05, 0.1) is 12.2 Å². The van der Waals surface area contributed by atoms with E-state index < -0.39 is 0 Å². The Kier molecular flexibility index (Phi) is 9.58. The van der Waals surface area contributed by atoms with Crippen LogP contribution >= 0.6 is 0 Å². The van der Waals surface area contributed by atoms with Crippen molar-refractivity contribution in [3.05, 3.63) is 65.2 Å². The van der Waals surface area contributed by atoms with Crippen LogP contribution in [0, 0.1) is 17.8 Å². The quantitative estimate of drug-likeness (QED) is 0.308. The molecule has 2 fully saturated rings. The molecule has 0 spiro atoms. The van der Waals surface area contributed by atoms with Crippen LogP contribution in [0.5, 0.6) is 5.75 Å². The molecule has 1 heterocycles. The number of ether oxygens (including phenoxy) is 3. The fraction of sp³-hybridized carbons (Fsp3) is 0.636. The van der Waals surface area contributed by atoms with Gasteiger partial charge in [0, 0.05) is 6.61 Å². The average Bonchev–Trinajstić information content (AvgIpc) is 3.24. The van der Waals surface area contributed by atoms with Gasteiger partial charge in [0.15, 0.2) is 6.29 Å². The van der Waals surface area contributed by atoms with Crippen molar-refractivity contribution >= 4 is 0 Å². The maximum absolute atomic E-state index is 11.2. The summed E-state index contributed by atoms with van der Waals surface area (Å²) in [6, 6.07) is 16.9. The van der Waals surface area contributed by atoms with Gasteiger partial charge in [-0.15, -0.1) is 0 Å². The topological polar surface area (TPSA) is 47.9 Å². The Balaban J connectivity index is 1.21. The maximum atomic E-state index is 11.2. The Morgan fingerprint density at radius 1 is 1.00 bits per heavy atom. The number of aliphatic hydroxyl groups is 1. The van der Waals surface area contributed by atoms with Crippen LogP contribution in [-0.2, 0) is 28.9 Å². The summed E-state index contributed by atoms with van der Waals surface area (Å²) < 4.78 is 18.7. The van der Waals surface area contributed by atoms with Gasteiger partial charge in [-0.25, -0.2) is 0 Å². The van der Waals surface area contributed by atoms with Crippen LogP contribution in [0.4, 0.5) is 0 Å². The zero-order valence-electron chi connectivity index (χ0n) is 22.7. The van der Waals surface area contributed by atoms with E-state index in [1.54, 1.807) is 0 Å². The highest BCUT2D eigenvalue weighted by atomic mass is 16.7. The van der Waals surface area contributed by atoms with Crippen LogP contribution in [0.2, 0.25) is 0 Å². The van der Waals surface area contributed by atoms with Crippen LogP contribution in [0.15, 0.2) is 48.5 Å². The van der Waals surface area contributed by atoms with Crippen LogP contribution in [0.3, 0.4) is 0 Å². The normalized spacial score (nSPS) is 27.9. The summed E-state index contributed by atoms with van der Waals surface area (Å²) >= 11 is 0. The van der Waals surface area contributed by atoms with Gasteiger partial charge in [0.1, 0.15) is 12.4 Å². The minimum absolute atomic E-state index is 0.0301. The van der Waals surface area contributed by atoms with E-state index in [0.717, 1.165) is 63.7 Å². The number of hydrogen-bond donors (Lipinski definition) is 1. The number of benzene rings is 2. The standard InChI is InChI=1S/C33H46O4/c1-2-3-5-14-27(37-33-16-8-9-19-35-33)17-18-28-29-20-25-13-10-15-32(30(25)21-26(29)22-31(28)34)36-23-24-11-6-4-7-12-24/h4,6-7,10-13,15,26-29,31,33-34H,2-3,5,8-9,14,16-23H2,1H3/t26-,27-,28+,29-,31+,33?/m0/s1. The lowest BCUT2D eigenvalue weighted by Gasteiger charge is -2.33. The second-order valence-electron chi connectivity index (χ2n) is 11.6. The summed E-state index contributed by atoms with van der Waals surface area (Å²) in [4.78, 5) is 0. The lowest BCUT2D eigenvalue weighted by atomic mass is 9.73. The van der Waals surface area contributed by atoms with Crippen molar-refractivity contribution in [3.63, 3.8) is 0 Å². The zero-order chi connectivity index (χ0) is 25.5. The molecule has 1 unspecified atom stereocenters. The van der Waals surface area contributed by atoms with E-state index in [2.05, 4.69) is 49.4 Å². The van der Waals surface area contributed by atoms with E-state index in [9.17, 15) is 5.11 Å². The average molecular weight is 507 g/mol. The fourth-order valence-corrected chi connectivity index (χ4v) is 6.99. The van der Waals surface area contributed by atoms with E-state index in [-0.39, 0.29) is 18.5 Å². The molecular formula is C33H46O4. The molecule has 1 saturated carbocycles. The third-order valence-electron chi connectivity index (χ3n) is 9.02. The van der Waals surface area contributed by atoms with E-state index in [1.807, 2.05) is 6.07 Å². The first-order valence-corrected chi connectivity index (χ1v) is 14.9. The Bertz CT molecular complexity index is 954. The number of fused-ring (bicyclic) bond motifs is 2. The van der Waals surface area contributed by atoms with Crippen molar-refractivity contribution < 1.29 is 19.3 Å². The predicted octanol–water partition coefficient (Wildman–Crippen LogP) is 7.25. The molecule has 0 amide bonds. The molecule has 6 atom stereocenters. The number of rotatable bonds is 12. The van der Waals surface area contributed by atoms with Crippen molar-refractivity contribution in [2.24, 2.45) is 17.8 Å². The molecule has 4 heteroatoms. The minimum Gasteiger partial charge on any atom is -0.489 e. The van der Waals surface area contributed by atoms with E-state index >= 15 is 0 Å². The Labute approximate surface area is 223 Å². The molecule has 2 aliphatic carbocycles. The Morgan fingerprint density at radius 2 is 1.89 bits per heavy atom. The molecule has 1 saturated heterocycles. The maximum Gasteiger partial charge on any atom is 0.157 e. The SMILES string of the molecule is CCCCC[C@@H](CC[C@@H]1[C@H]2Cc3cccc(OCc4ccccc4)c3C[C@H]2C[C@H]1O)OC1CCCCO1. The zero-order valence-corrected chi connectivity index (χ0v) is 22.7. The molecule has 2 aromatic rings. The van der Waals surface area contributed by atoms with E-state index in [4.69, 9.17) is 14.2 Å². The van der Waals surface area contributed by atoms with Crippen LogP contribution < -0.4 is 4.74 Å². The first-order valence-electron chi connectivity index (χ1n) is 14.9. The minimum atomic E-state index is -0.208. The third kappa shape index (κ3) is 6.96. The molecule has 5 rings (SSSR count). The summed E-state index contributed by atoms with van der Waals surface area (Å²) in [7, 11) is 0. The summed E-state index contributed by atoms with van der Waals surface area (Å²) in [5.74, 6) is 2.47. The van der Waals surface area contributed by atoms with Crippen LogP contribution in [0.1, 0.15) is 87.8 Å².